The Morgan fingerprint density at radius 1 is 1.32 bits per heavy atom. The van der Waals surface area contributed by atoms with Gasteiger partial charge >= 0.3 is 0 Å². The van der Waals surface area contributed by atoms with Crippen LogP contribution in [-0.2, 0) is 24.1 Å². The lowest BCUT2D eigenvalue weighted by molar-refractivity contribution is 0.106. The van der Waals surface area contributed by atoms with Gasteiger partial charge in [-0.15, -0.1) is 35.3 Å². The van der Waals surface area contributed by atoms with Gasteiger partial charge in [-0.05, 0) is 43.4 Å². The van der Waals surface area contributed by atoms with Crippen molar-refractivity contribution in [1.82, 2.24) is 15.2 Å². The van der Waals surface area contributed by atoms with Gasteiger partial charge in [0.2, 0.25) is 0 Å². The summed E-state index contributed by atoms with van der Waals surface area (Å²) in [6, 6.07) is 6.40. The fraction of sp³-hybridized carbons (Fsp3) is 0.500. The molecule has 28 heavy (non-hydrogen) atoms. The molecular weight excluding hydrogens is 490 g/mol. The Kier molecular flexibility index (Phi) is 9.10. The molecule has 1 aromatic heterocycles. The van der Waals surface area contributed by atoms with Gasteiger partial charge in [-0.1, -0.05) is 12.1 Å². The van der Waals surface area contributed by atoms with Crippen LogP contribution in [0.25, 0.3) is 0 Å². The number of rotatable bonds is 6. The second-order valence-corrected chi connectivity index (χ2v) is 7.91. The zero-order chi connectivity index (χ0) is 19.2. The van der Waals surface area contributed by atoms with Gasteiger partial charge in [0.1, 0.15) is 10.8 Å². The summed E-state index contributed by atoms with van der Waals surface area (Å²) in [5, 5.41) is 4.48. The zero-order valence-corrected chi connectivity index (χ0v) is 19.7. The van der Waals surface area contributed by atoms with Gasteiger partial charge in [-0.3, -0.25) is 4.99 Å². The molecule has 1 unspecified atom stereocenters. The largest absolute Gasteiger partial charge is 0.375 e. The number of nitrogens with zero attached hydrogens (tertiary/aromatic N) is 3. The number of halogens is 2. The van der Waals surface area contributed by atoms with Crippen LogP contribution in [0.3, 0.4) is 0 Å². The molecule has 3 rings (SSSR count). The third-order valence-electron chi connectivity index (χ3n) is 4.81. The van der Waals surface area contributed by atoms with Gasteiger partial charge in [0.15, 0.2) is 5.96 Å². The van der Waals surface area contributed by atoms with Gasteiger partial charge in [0.25, 0.3) is 0 Å². The smallest absolute Gasteiger partial charge is 0.193 e. The first-order valence-corrected chi connectivity index (χ1v) is 10.1. The Hall–Kier alpha value is -1.26. The van der Waals surface area contributed by atoms with E-state index in [0.29, 0.717) is 6.54 Å². The molecule has 1 atom stereocenters. The molecule has 0 amide bonds. The van der Waals surface area contributed by atoms with Crippen LogP contribution in [0.5, 0.6) is 0 Å². The average Bonchev–Trinajstić information content (AvgIpc) is 3.08. The number of methoxy groups -OCH3 is 1. The van der Waals surface area contributed by atoms with Crippen LogP contribution in [0, 0.1) is 5.82 Å². The highest BCUT2D eigenvalue weighted by Gasteiger charge is 2.18. The number of aryl methyl sites for hydroxylation is 2. The Labute approximate surface area is 187 Å². The molecular formula is C20H28FIN4OS. The van der Waals surface area contributed by atoms with Gasteiger partial charge in [0.05, 0.1) is 18.3 Å². The maximum atomic E-state index is 13.1. The summed E-state index contributed by atoms with van der Waals surface area (Å²) in [6.45, 7) is 1.28. The topological polar surface area (TPSA) is 49.8 Å². The van der Waals surface area contributed by atoms with Gasteiger partial charge in [-0.25, -0.2) is 9.37 Å². The first kappa shape index (κ1) is 23.0. The molecule has 154 valence electrons. The molecule has 8 heteroatoms. The van der Waals surface area contributed by atoms with Crippen molar-refractivity contribution in [3.05, 3.63) is 51.2 Å². The fourth-order valence-electron chi connectivity index (χ4n) is 3.33. The molecule has 0 saturated carbocycles. The van der Waals surface area contributed by atoms with E-state index in [2.05, 4.69) is 15.2 Å². The molecule has 0 spiro atoms. The fourth-order valence-corrected chi connectivity index (χ4v) is 4.54. The summed E-state index contributed by atoms with van der Waals surface area (Å²) in [4.78, 5) is 12.7. The number of hydrogen-bond donors (Lipinski definition) is 1. The van der Waals surface area contributed by atoms with E-state index in [4.69, 9.17) is 9.72 Å². The number of aliphatic imine (C=N–C) groups is 1. The monoisotopic (exact) mass is 518 g/mol. The van der Waals surface area contributed by atoms with E-state index in [-0.39, 0.29) is 35.9 Å². The lowest BCUT2D eigenvalue weighted by Crippen LogP contribution is -2.40. The van der Waals surface area contributed by atoms with Crippen LogP contribution in [-0.4, -0.2) is 43.6 Å². The van der Waals surface area contributed by atoms with E-state index in [1.807, 2.05) is 18.4 Å². The predicted octanol–water partition coefficient (Wildman–Crippen LogP) is 4.17. The minimum absolute atomic E-state index is 0. The molecule has 1 aliphatic rings. The molecule has 2 aromatic rings. The SMILES string of the molecule is CN=C(NCC(OC)c1ccc(F)cc1)N(C)Cc1nc2c(s1)CCCC2.I. The molecule has 0 fully saturated rings. The van der Waals surface area contributed by atoms with Gasteiger partial charge in [-0.2, -0.15) is 0 Å². The Morgan fingerprint density at radius 2 is 2.04 bits per heavy atom. The van der Waals surface area contributed by atoms with Crippen molar-refractivity contribution in [3.8, 4) is 0 Å². The van der Waals surface area contributed by atoms with E-state index < -0.39 is 0 Å². The summed E-state index contributed by atoms with van der Waals surface area (Å²) in [7, 11) is 5.43. The number of ether oxygens (including phenoxy) is 1. The van der Waals surface area contributed by atoms with Crippen molar-refractivity contribution in [2.45, 2.75) is 38.3 Å². The van der Waals surface area contributed by atoms with E-state index in [1.165, 1.54) is 35.5 Å². The van der Waals surface area contributed by atoms with Crippen LogP contribution >= 0.6 is 35.3 Å². The Bertz CT molecular complexity index is 758. The number of nitrogens with one attached hydrogen (secondary N) is 1. The number of thiazole rings is 1. The molecule has 1 aromatic carbocycles. The van der Waals surface area contributed by atoms with Crippen LogP contribution in [0.2, 0.25) is 0 Å². The highest BCUT2D eigenvalue weighted by atomic mass is 127. The first-order valence-electron chi connectivity index (χ1n) is 9.28. The lowest BCUT2D eigenvalue weighted by atomic mass is 10.0. The van der Waals surface area contributed by atoms with Crippen LogP contribution < -0.4 is 5.32 Å². The van der Waals surface area contributed by atoms with Crippen LogP contribution in [0.4, 0.5) is 4.39 Å². The molecule has 5 nitrogen and oxygen atoms in total. The highest BCUT2D eigenvalue weighted by molar-refractivity contribution is 14.0. The molecule has 0 radical (unpaired) electrons. The lowest BCUT2D eigenvalue weighted by Gasteiger charge is -2.23. The van der Waals surface area contributed by atoms with Gasteiger partial charge in [0, 0.05) is 32.6 Å². The van der Waals surface area contributed by atoms with Crippen LogP contribution in [0.1, 0.15) is 40.1 Å². The maximum absolute atomic E-state index is 13.1. The molecule has 0 saturated heterocycles. The second kappa shape index (κ2) is 11.1. The minimum atomic E-state index is -0.247. The van der Waals surface area contributed by atoms with E-state index in [1.54, 1.807) is 26.3 Å². The van der Waals surface area contributed by atoms with Crippen molar-refractivity contribution >= 4 is 41.3 Å². The number of benzene rings is 1. The van der Waals surface area contributed by atoms with Gasteiger partial charge < -0.3 is 15.0 Å². The summed E-state index contributed by atoms with van der Waals surface area (Å²) in [5.41, 5.74) is 2.21. The van der Waals surface area contributed by atoms with Crippen LogP contribution in [0.15, 0.2) is 29.3 Å². The maximum Gasteiger partial charge on any atom is 0.193 e. The van der Waals surface area contributed by atoms with Crippen molar-refractivity contribution in [1.29, 1.82) is 0 Å². The van der Waals surface area contributed by atoms with Crippen molar-refractivity contribution in [3.63, 3.8) is 0 Å². The van der Waals surface area contributed by atoms with E-state index in [9.17, 15) is 4.39 Å². The Morgan fingerprint density at radius 3 is 2.68 bits per heavy atom. The third-order valence-corrected chi connectivity index (χ3v) is 5.95. The first-order chi connectivity index (χ1) is 13.1. The zero-order valence-electron chi connectivity index (χ0n) is 16.6. The second-order valence-electron chi connectivity index (χ2n) is 6.74. The average molecular weight is 518 g/mol. The molecule has 1 heterocycles. The number of fused-ring (bicyclic) bond motifs is 1. The summed E-state index contributed by atoms with van der Waals surface area (Å²) < 4.78 is 18.7. The standard InChI is InChI=1S/C20H27FN4OS.HI/c1-22-20(23-12-17(26-3)14-8-10-15(21)11-9-14)25(2)13-19-24-16-6-4-5-7-18(16)27-19;/h8-11,17H,4-7,12-13H2,1-3H3,(H,22,23);1H. The molecule has 0 aliphatic heterocycles. The highest BCUT2D eigenvalue weighted by Crippen LogP contribution is 2.27. The van der Waals surface area contributed by atoms with Crippen molar-refractivity contribution < 1.29 is 9.13 Å². The molecule has 1 N–H and O–H groups in total. The van der Waals surface area contributed by atoms with Crippen molar-refractivity contribution in [2.24, 2.45) is 4.99 Å². The summed E-state index contributed by atoms with van der Waals surface area (Å²) in [5.74, 6) is 0.538. The minimum Gasteiger partial charge on any atom is -0.375 e. The summed E-state index contributed by atoms with van der Waals surface area (Å²) in [6.07, 6.45) is 4.61. The van der Waals surface area contributed by atoms with Crippen molar-refractivity contribution in [2.75, 3.05) is 27.7 Å². The normalized spacial score (nSPS) is 14.8. The quantitative estimate of drug-likeness (QED) is 0.355. The van der Waals surface area contributed by atoms with E-state index in [0.717, 1.165) is 35.9 Å². The molecule has 0 bridgehead atoms. The Balaban J connectivity index is 0.00000280. The number of guanidine groups is 1. The summed E-state index contributed by atoms with van der Waals surface area (Å²) >= 11 is 1.82. The number of hydrogen-bond acceptors (Lipinski definition) is 4. The third kappa shape index (κ3) is 5.87. The molecule has 1 aliphatic carbocycles. The van der Waals surface area contributed by atoms with E-state index >= 15 is 0 Å². The number of aromatic nitrogens is 1. The predicted molar refractivity (Wildman–Crippen MR) is 123 cm³/mol.